The molecule has 0 saturated heterocycles. The van der Waals surface area contributed by atoms with Crippen LogP contribution < -0.4 is 5.32 Å². The smallest absolute Gasteiger partial charge is 0.166 e. The molecular weight excluding hydrogens is 239 g/mol. The first-order valence-electron chi connectivity index (χ1n) is 6.15. The maximum absolute atomic E-state index is 13.6. The lowest BCUT2D eigenvalue weighted by atomic mass is 9.78. The maximum Gasteiger partial charge on any atom is 0.166 e. The van der Waals surface area contributed by atoms with Gasteiger partial charge in [-0.1, -0.05) is 38.3 Å². The fraction of sp³-hybridized carbons (Fsp3) is 0.615. The molecule has 4 heteroatoms. The van der Waals surface area contributed by atoms with Gasteiger partial charge in [-0.15, -0.1) is 0 Å². The molecule has 0 aliphatic heterocycles. The molecule has 1 aromatic heterocycles. The van der Waals surface area contributed by atoms with Gasteiger partial charge in [0, 0.05) is 12.2 Å². The highest BCUT2D eigenvalue weighted by molar-refractivity contribution is 6.30. The Morgan fingerprint density at radius 2 is 2.18 bits per heavy atom. The van der Waals surface area contributed by atoms with Gasteiger partial charge in [0.1, 0.15) is 0 Å². The third kappa shape index (κ3) is 2.89. The minimum atomic E-state index is -0.372. The number of halogens is 2. The number of nitrogens with one attached hydrogen (secondary N) is 1. The van der Waals surface area contributed by atoms with E-state index in [1.165, 1.54) is 25.1 Å². The molecule has 1 heterocycles. The molecular formula is C13H18ClFN2. The van der Waals surface area contributed by atoms with Gasteiger partial charge in [-0.3, -0.25) is 0 Å². The average Bonchev–Trinajstić information content (AvgIpc) is 2.28. The SMILES string of the molecule is CC1CCCC(Nc2ncc(Cl)cc2F)C1C. The van der Waals surface area contributed by atoms with Crippen molar-refractivity contribution in [3.05, 3.63) is 23.1 Å². The first-order chi connectivity index (χ1) is 8.08. The van der Waals surface area contributed by atoms with E-state index in [1.54, 1.807) is 0 Å². The minimum absolute atomic E-state index is 0.307. The molecule has 3 atom stereocenters. The van der Waals surface area contributed by atoms with E-state index in [2.05, 4.69) is 24.1 Å². The van der Waals surface area contributed by atoms with Crippen molar-refractivity contribution in [3.8, 4) is 0 Å². The summed E-state index contributed by atoms with van der Waals surface area (Å²) >= 11 is 5.68. The van der Waals surface area contributed by atoms with Crippen molar-refractivity contribution in [1.82, 2.24) is 4.98 Å². The van der Waals surface area contributed by atoms with Crippen LogP contribution in [0.1, 0.15) is 33.1 Å². The van der Waals surface area contributed by atoms with Crippen LogP contribution in [0.5, 0.6) is 0 Å². The first kappa shape index (κ1) is 12.6. The summed E-state index contributed by atoms with van der Waals surface area (Å²) in [4.78, 5) is 4.01. The molecule has 0 bridgehead atoms. The predicted octanol–water partition coefficient (Wildman–Crippen LogP) is 4.11. The van der Waals surface area contributed by atoms with Crippen LogP contribution in [0.15, 0.2) is 12.3 Å². The average molecular weight is 257 g/mol. The second-order valence-electron chi connectivity index (χ2n) is 5.00. The third-order valence-electron chi connectivity index (χ3n) is 3.84. The van der Waals surface area contributed by atoms with E-state index in [-0.39, 0.29) is 5.82 Å². The quantitative estimate of drug-likeness (QED) is 0.861. The summed E-state index contributed by atoms with van der Waals surface area (Å²) in [6, 6.07) is 1.61. The number of aromatic nitrogens is 1. The van der Waals surface area contributed by atoms with Crippen molar-refractivity contribution in [2.45, 2.75) is 39.2 Å². The minimum Gasteiger partial charge on any atom is -0.365 e. The van der Waals surface area contributed by atoms with Crippen LogP contribution >= 0.6 is 11.6 Å². The summed E-state index contributed by atoms with van der Waals surface area (Å²) in [5.74, 6) is 1.17. The van der Waals surface area contributed by atoms with E-state index in [9.17, 15) is 4.39 Å². The zero-order valence-electron chi connectivity index (χ0n) is 10.2. The zero-order valence-corrected chi connectivity index (χ0v) is 11.0. The van der Waals surface area contributed by atoms with Gasteiger partial charge >= 0.3 is 0 Å². The van der Waals surface area contributed by atoms with E-state index < -0.39 is 0 Å². The second kappa shape index (κ2) is 5.21. The summed E-state index contributed by atoms with van der Waals surface area (Å²) in [7, 11) is 0. The predicted molar refractivity (Wildman–Crippen MR) is 68.8 cm³/mol. The number of hydrogen-bond donors (Lipinski definition) is 1. The summed E-state index contributed by atoms with van der Waals surface area (Å²) in [6.07, 6.45) is 5.01. The molecule has 0 spiro atoms. The van der Waals surface area contributed by atoms with Gasteiger partial charge < -0.3 is 5.32 Å². The molecule has 1 fully saturated rings. The highest BCUT2D eigenvalue weighted by Crippen LogP contribution is 2.31. The molecule has 1 saturated carbocycles. The third-order valence-corrected chi connectivity index (χ3v) is 4.04. The van der Waals surface area contributed by atoms with Crippen molar-refractivity contribution >= 4 is 17.4 Å². The van der Waals surface area contributed by atoms with Gasteiger partial charge in [-0.25, -0.2) is 9.37 Å². The standard InChI is InChI=1S/C13H18ClFN2/c1-8-4-3-5-12(9(8)2)17-13-11(15)6-10(14)7-16-13/h6-9,12H,3-5H2,1-2H3,(H,16,17). The molecule has 1 N–H and O–H groups in total. The van der Waals surface area contributed by atoms with Crippen LogP contribution in [-0.4, -0.2) is 11.0 Å². The fourth-order valence-electron chi connectivity index (χ4n) is 2.48. The Morgan fingerprint density at radius 1 is 1.41 bits per heavy atom. The molecule has 1 aliphatic carbocycles. The lowest BCUT2D eigenvalue weighted by Crippen LogP contribution is -2.35. The topological polar surface area (TPSA) is 24.9 Å². The van der Waals surface area contributed by atoms with E-state index in [0.717, 1.165) is 6.42 Å². The Balaban J connectivity index is 2.09. The fourth-order valence-corrected chi connectivity index (χ4v) is 2.63. The first-order valence-corrected chi connectivity index (χ1v) is 6.53. The number of nitrogens with zero attached hydrogens (tertiary/aromatic N) is 1. The van der Waals surface area contributed by atoms with Gasteiger partial charge in [0.15, 0.2) is 11.6 Å². The van der Waals surface area contributed by atoms with Crippen molar-refractivity contribution in [2.24, 2.45) is 11.8 Å². The monoisotopic (exact) mass is 256 g/mol. The molecule has 0 amide bonds. The summed E-state index contributed by atoms with van der Waals surface area (Å²) in [5, 5.41) is 3.54. The molecule has 94 valence electrons. The van der Waals surface area contributed by atoms with Crippen LogP contribution in [0.2, 0.25) is 5.02 Å². The van der Waals surface area contributed by atoms with E-state index >= 15 is 0 Å². The Kier molecular flexibility index (Phi) is 3.87. The normalized spacial score (nSPS) is 29.1. The van der Waals surface area contributed by atoms with Crippen LogP contribution in [0, 0.1) is 17.7 Å². The summed E-state index contributed by atoms with van der Waals surface area (Å²) in [6.45, 7) is 4.47. The lowest BCUT2D eigenvalue weighted by molar-refractivity contribution is 0.252. The van der Waals surface area contributed by atoms with Crippen LogP contribution in [0.25, 0.3) is 0 Å². The van der Waals surface area contributed by atoms with Crippen molar-refractivity contribution < 1.29 is 4.39 Å². The molecule has 17 heavy (non-hydrogen) atoms. The lowest BCUT2D eigenvalue weighted by Gasteiger charge is -2.34. The number of hydrogen-bond acceptors (Lipinski definition) is 2. The Hall–Kier alpha value is -0.830. The van der Waals surface area contributed by atoms with Crippen molar-refractivity contribution in [2.75, 3.05) is 5.32 Å². The highest BCUT2D eigenvalue weighted by atomic mass is 35.5. The number of pyridine rings is 1. The molecule has 2 rings (SSSR count). The van der Waals surface area contributed by atoms with Gasteiger partial charge in [-0.2, -0.15) is 0 Å². The highest BCUT2D eigenvalue weighted by Gasteiger charge is 2.27. The molecule has 1 aromatic rings. The molecule has 3 unspecified atom stereocenters. The van der Waals surface area contributed by atoms with E-state index in [1.807, 2.05) is 0 Å². The summed E-state index contributed by atoms with van der Waals surface area (Å²) < 4.78 is 13.6. The molecule has 1 aliphatic rings. The van der Waals surface area contributed by atoms with E-state index in [0.29, 0.717) is 28.7 Å². The molecule has 0 aromatic carbocycles. The van der Waals surface area contributed by atoms with Crippen LogP contribution in [0.3, 0.4) is 0 Å². The zero-order chi connectivity index (χ0) is 12.4. The van der Waals surface area contributed by atoms with Crippen molar-refractivity contribution in [3.63, 3.8) is 0 Å². The number of anilines is 1. The van der Waals surface area contributed by atoms with E-state index in [4.69, 9.17) is 11.6 Å². The number of rotatable bonds is 2. The van der Waals surface area contributed by atoms with Gasteiger partial charge in [0.2, 0.25) is 0 Å². The molecule has 2 nitrogen and oxygen atoms in total. The van der Waals surface area contributed by atoms with Gasteiger partial charge in [-0.05, 0) is 24.3 Å². The van der Waals surface area contributed by atoms with Gasteiger partial charge in [0.05, 0.1) is 5.02 Å². The Morgan fingerprint density at radius 3 is 2.88 bits per heavy atom. The Labute approximate surface area is 107 Å². The van der Waals surface area contributed by atoms with Crippen LogP contribution in [-0.2, 0) is 0 Å². The van der Waals surface area contributed by atoms with Crippen LogP contribution in [0.4, 0.5) is 10.2 Å². The van der Waals surface area contributed by atoms with Crippen molar-refractivity contribution in [1.29, 1.82) is 0 Å². The summed E-state index contributed by atoms with van der Waals surface area (Å²) in [5.41, 5.74) is 0. The Bertz CT molecular complexity index is 397. The second-order valence-corrected chi connectivity index (χ2v) is 5.44. The maximum atomic E-state index is 13.6. The largest absolute Gasteiger partial charge is 0.365 e. The van der Waals surface area contributed by atoms with Gasteiger partial charge in [0.25, 0.3) is 0 Å². The molecule has 0 radical (unpaired) electrons.